The maximum absolute atomic E-state index is 12.3. The van der Waals surface area contributed by atoms with Crippen LogP contribution in [0.1, 0.15) is 13.3 Å². The molecule has 0 spiro atoms. The number of hydrogen-bond acceptors (Lipinski definition) is 3. The number of para-hydroxylation sites is 1. The number of amides is 1. The maximum atomic E-state index is 12.3. The third-order valence-electron chi connectivity index (χ3n) is 3.78. The fourth-order valence-electron chi connectivity index (χ4n) is 2.69. The minimum absolute atomic E-state index is 0.201. The minimum atomic E-state index is -0.201. The SMILES string of the molecule is C[NH+](C)CCN1C(=O)C[C@@]2(C)Sc3ccccc3N=C12. The predicted molar refractivity (Wildman–Crippen MR) is 81.8 cm³/mol. The number of carbonyl (C=O) groups is 1. The van der Waals surface area contributed by atoms with Crippen molar-refractivity contribution in [3.8, 4) is 0 Å². The number of rotatable bonds is 3. The summed E-state index contributed by atoms with van der Waals surface area (Å²) < 4.78 is -0.201. The van der Waals surface area contributed by atoms with Gasteiger partial charge in [-0.25, -0.2) is 4.99 Å². The van der Waals surface area contributed by atoms with Crippen LogP contribution in [0.5, 0.6) is 0 Å². The lowest BCUT2D eigenvalue weighted by Crippen LogP contribution is -3.06. The van der Waals surface area contributed by atoms with Crippen molar-refractivity contribution >= 4 is 29.2 Å². The van der Waals surface area contributed by atoms with Crippen LogP contribution in [0, 0.1) is 0 Å². The molecule has 0 radical (unpaired) electrons. The molecule has 0 saturated carbocycles. The molecule has 20 heavy (non-hydrogen) atoms. The number of nitrogens with one attached hydrogen (secondary N) is 1. The number of hydrogen-bond donors (Lipinski definition) is 1. The summed E-state index contributed by atoms with van der Waals surface area (Å²) in [7, 11) is 4.21. The van der Waals surface area contributed by atoms with Crippen LogP contribution < -0.4 is 4.90 Å². The van der Waals surface area contributed by atoms with Crippen LogP contribution in [0.25, 0.3) is 0 Å². The Bertz CT molecular complexity index is 584. The number of likely N-dealkylation sites (tertiary alicyclic amines) is 1. The van der Waals surface area contributed by atoms with Gasteiger partial charge in [0.2, 0.25) is 5.91 Å². The van der Waals surface area contributed by atoms with Crippen LogP contribution in [0.4, 0.5) is 5.69 Å². The normalized spacial score (nSPS) is 24.7. The van der Waals surface area contributed by atoms with E-state index in [1.54, 1.807) is 11.8 Å². The van der Waals surface area contributed by atoms with Crippen LogP contribution in [-0.4, -0.2) is 48.6 Å². The number of likely N-dealkylation sites (N-methyl/N-ethyl adjacent to an activating group) is 1. The number of benzene rings is 1. The van der Waals surface area contributed by atoms with Crippen LogP contribution in [0.3, 0.4) is 0 Å². The lowest BCUT2D eigenvalue weighted by atomic mass is 10.1. The number of quaternary nitrogens is 1. The number of nitrogens with zero attached hydrogens (tertiary/aromatic N) is 2. The van der Waals surface area contributed by atoms with E-state index in [-0.39, 0.29) is 10.7 Å². The molecule has 2 aliphatic heterocycles. The maximum Gasteiger partial charge on any atom is 0.230 e. The number of thioether (sulfide) groups is 1. The summed E-state index contributed by atoms with van der Waals surface area (Å²) in [5.74, 6) is 1.14. The first kappa shape index (κ1) is 13.6. The Hall–Kier alpha value is -1.33. The van der Waals surface area contributed by atoms with Gasteiger partial charge in [0, 0.05) is 11.3 Å². The molecule has 5 heteroatoms. The number of amidine groups is 1. The molecule has 0 aliphatic carbocycles. The molecule has 4 nitrogen and oxygen atoms in total. The van der Waals surface area contributed by atoms with E-state index in [1.165, 1.54) is 9.80 Å². The number of aliphatic imine (C=N–C) groups is 1. The average molecular weight is 290 g/mol. The highest BCUT2D eigenvalue weighted by Gasteiger charge is 2.48. The molecule has 1 aromatic rings. The first-order valence-corrected chi connectivity index (χ1v) is 7.78. The molecule has 0 bridgehead atoms. The Kier molecular flexibility index (Phi) is 3.34. The zero-order valence-corrected chi connectivity index (χ0v) is 13.0. The van der Waals surface area contributed by atoms with E-state index in [9.17, 15) is 4.79 Å². The van der Waals surface area contributed by atoms with Gasteiger partial charge in [-0.1, -0.05) is 12.1 Å². The van der Waals surface area contributed by atoms with E-state index in [4.69, 9.17) is 4.99 Å². The number of carbonyl (C=O) groups excluding carboxylic acids is 1. The van der Waals surface area contributed by atoms with E-state index in [2.05, 4.69) is 27.1 Å². The van der Waals surface area contributed by atoms with Crippen molar-refractivity contribution in [3.05, 3.63) is 24.3 Å². The van der Waals surface area contributed by atoms with Gasteiger partial charge >= 0.3 is 0 Å². The summed E-state index contributed by atoms with van der Waals surface area (Å²) in [4.78, 5) is 21.5. The Labute approximate surface area is 123 Å². The molecule has 1 fully saturated rings. The standard InChI is InChI=1S/C15H19N3OS/c1-15-10-13(19)18(9-8-17(2)3)14(15)16-11-6-4-5-7-12(11)20-15/h4-7H,8-10H2,1-3H3/p+1/t15-/m1/s1. The monoisotopic (exact) mass is 290 g/mol. The zero-order valence-electron chi connectivity index (χ0n) is 12.1. The predicted octanol–water partition coefficient (Wildman–Crippen LogP) is 0.958. The van der Waals surface area contributed by atoms with Crippen molar-refractivity contribution in [1.29, 1.82) is 0 Å². The van der Waals surface area contributed by atoms with E-state index < -0.39 is 0 Å². The quantitative estimate of drug-likeness (QED) is 0.900. The first-order chi connectivity index (χ1) is 9.49. The summed E-state index contributed by atoms with van der Waals surface area (Å²) in [5, 5.41) is 0. The number of fused-ring (bicyclic) bond motifs is 2. The van der Waals surface area contributed by atoms with Gasteiger partial charge in [0.05, 0.1) is 37.6 Å². The van der Waals surface area contributed by atoms with Crippen molar-refractivity contribution in [2.45, 2.75) is 23.0 Å². The second kappa shape index (κ2) is 4.90. The fourth-order valence-corrected chi connectivity index (χ4v) is 3.98. The summed E-state index contributed by atoms with van der Waals surface area (Å²) in [6.45, 7) is 3.82. The van der Waals surface area contributed by atoms with Crippen LogP contribution in [-0.2, 0) is 4.79 Å². The van der Waals surface area contributed by atoms with Crippen LogP contribution in [0.2, 0.25) is 0 Å². The Morgan fingerprint density at radius 3 is 2.90 bits per heavy atom. The van der Waals surface area contributed by atoms with Crippen molar-refractivity contribution in [3.63, 3.8) is 0 Å². The zero-order chi connectivity index (χ0) is 14.3. The molecule has 0 aromatic heterocycles. The smallest absolute Gasteiger partial charge is 0.230 e. The van der Waals surface area contributed by atoms with E-state index in [0.717, 1.165) is 24.6 Å². The minimum Gasteiger partial charge on any atom is -0.338 e. The summed E-state index contributed by atoms with van der Waals surface area (Å²) >= 11 is 1.77. The average Bonchev–Trinajstić information content (AvgIpc) is 2.62. The van der Waals surface area contributed by atoms with Gasteiger partial charge in [0.15, 0.2) is 0 Å². The molecule has 106 valence electrons. The molecule has 1 N–H and O–H groups in total. The van der Waals surface area contributed by atoms with Gasteiger partial charge in [-0.2, -0.15) is 0 Å². The summed E-state index contributed by atoms with van der Waals surface area (Å²) in [6.07, 6.45) is 0.549. The highest BCUT2D eigenvalue weighted by atomic mass is 32.2. The van der Waals surface area contributed by atoms with E-state index in [0.29, 0.717) is 6.42 Å². The van der Waals surface area contributed by atoms with Crippen LogP contribution >= 0.6 is 11.8 Å². The molecular formula is C15H20N3OS+. The third-order valence-corrected chi connectivity index (χ3v) is 5.12. The van der Waals surface area contributed by atoms with Gasteiger partial charge in [-0.05, 0) is 19.1 Å². The Balaban J connectivity index is 1.95. The Morgan fingerprint density at radius 2 is 2.15 bits per heavy atom. The third kappa shape index (κ3) is 2.25. The second-order valence-electron chi connectivity index (χ2n) is 5.92. The largest absolute Gasteiger partial charge is 0.338 e. The molecule has 3 rings (SSSR count). The molecule has 1 amide bonds. The Morgan fingerprint density at radius 1 is 1.40 bits per heavy atom. The van der Waals surface area contributed by atoms with E-state index >= 15 is 0 Å². The lowest BCUT2D eigenvalue weighted by Gasteiger charge is -2.30. The van der Waals surface area contributed by atoms with Crippen molar-refractivity contribution < 1.29 is 9.69 Å². The van der Waals surface area contributed by atoms with Crippen molar-refractivity contribution in [1.82, 2.24) is 4.90 Å². The van der Waals surface area contributed by atoms with Crippen molar-refractivity contribution in [2.24, 2.45) is 4.99 Å². The second-order valence-corrected chi connectivity index (χ2v) is 7.46. The van der Waals surface area contributed by atoms with Crippen molar-refractivity contribution in [2.75, 3.05) is 27.2 Å². The van der Waals surface area contributed by atoms with Gasteiger partial charge < -0.3 is 4.90 Å². The first-order valence-electron chi connectivity index (χ1n) is 6.96. The molecule has 1 aromatic carbocycles. The van der Waals surface area contributed by atoms with Gasteiger partial charge in [0.25, 0.3) is 0 Å². The van der Waals surface area contributed by atoms with Gasteiger partial charge in [0.1, 0.15) is 5.84 Å². The summed E-state index contributed by atoms with van der Waals surface area (Å²) in [5.41, 5.74) is 0.988. The molecule has 2 heterocycles. The van der Waals surface area contributed by atoms with E-state index in [1.807, 2.05) is 23.1 Å². The van der Waals surface area contributed by atoms with Gasteiger partial charge in [-0.15, -0.1) is 11.8 Å². The highest BCUT2D eigenvalue weighted by molar-refractivity contribution is 8.01. The molecule has 1 atom stereocenters. The molecule has 1 saturated heterocycles. The fraction of sp³-hybridized carbons (Fsp3) is 0.467. The summed E-state index contributed by atoms with van der Waals surface area (Å²) in [6, 6.07) is 8.13. The lowest BCUT2D eigenvalue weighted by molar-refractivity contribution is -0.857. The van der Waals surface area contributed by atoms with Gasteiger partial charge in [-0.3, -0.25) is 9.69 Å². The van der Waals surface area contributed by atoms with Crippen LogP contribution in [0.15, 0.2) is 34.2 Å². The highest BCUT2D eigenvalue weighted by Crippen LogP contribution is 2.49. The molecule has 0 unspecified atom stereocenters. The molecular weight excluding hydrogens is 270 g/mol. The molecule has 2 aliphatic rings. The topological polar surface area (TPSA) is 37.1 Å².